The summed E-state index contributed by atoms with van der Waals surface area (Å²) in [4.78, 5) is 8.20. The zero-order valence-corrected chi connectivity index (χ0v) is 16.9. The van der Waals surface area contributed by atoms with Crippen molar-refractivity contribution >= 4 is 10.0 Å². The number of sulfonamides is 1. The predicted octanol–water partition coefficient (Wildman–Crippen LogP) is 1.46. The van der Waals surface area contributed by atoms with E-state index < -0.39 is 10.0 Å². The van der Waals surface area contributed by atoms with Crippen LogP contribution in [0.3, 0.4) is 0 Å². The summed E-state index contributed by atoms with van der Waals surface area (Å²) in [5, 5.41) is 3.97. The van der Waals surface area contributed by atoms with Crippen molar-refractivity contribution < 1.29 is 22.4 Å². The zero-order valence-electron chi connectivity index (χ0n) is 16.1. The molecule has 0 amide bonds. The molecule has 4 rings (SSSR count). The van der Waals surface area contributed by atoms with Crippen molar-refractivity contribution in [2.75, 3.05) is 20.2 Å². The fourth-order valence-electron chi connectivity index (χ4n) is 3.10. The highest BCUT2D eigenvalue weighted by Gasteiger charge is 2.34. The van der Waals surface area contributed by atoms with Gasteiger partial charge in [0.05, 0.1) is 12.9 Å². The fourth-order valence-corrected chi connectivity index (χ4v) is 4.55. The summed E-state index contributed by atoms with van der Waals surface area (Å²) >= 11 is 0. The average molecular weight is 419 g/mol. The average Bonchev–Trinajstić information content (AvgIpc) is 3.44. The highest BCUT2D eigenvalue weighted by Crippen LogP contribution is 2.25. The lowest BCUT2D eigenvalue weighted by Crippen LogP contribution is -2.31. The van der Waals surface area contributed by atoms with Crippen LogP contribution in [0.5, 0.6) is 5.75 Å². The molecule has 0 spiro atoms. The van der Waals surface area contributed by atoms with Crippen molar-refractivity contribution in [2.24, 2.45) is 7.05 Å². The van der Waals surface area contributed by atoms with Gasteiger partial charge in [-0.3, -0.25) is 0 Å². The van der Waals surface area contributed by atoms with Gasteiger partial charge in [-0.2, -0.15) is 9.29 Å². The van der Waals surface area contributed by atoms with Gasteiger partial charge in [0.2, 0.25) is 5.82 Å². The lowest BCUT2D eigenvalue weighted by molar-refractivity contribution is 0.151. The van der Waals surface area contributed by atoms with Crippen molar-refractivity contribution in [3.63, 3.8) is 0 Å². The van der Waals surface area contributed by atoms with Crippen LogP contribution in [0.4, 0.5) is 0 Å². The topological polar surface area (TPSA) is 113 Å². The highest BCUT2D eigenvalue weighted by atomic mass is 32.2. The van der Waals surface area contributed by atoms with Crippen LogP contribution in [-0.2, 0) is 28.4 Å². The maximum absolute atomic E-state index is 12.7. The summed E-state index contributed by atoms with van der Waals surface area (Å²) in [6.07, 6.45) is 3.36. The molecule has 11 heteroatoms. The Bertz CT molecular complexity index is 1080. The van der Waals surface area contributed by atoms with Crippen molar-refractivity contribution in [1.82, 2.24) is 24.0 Å². The van der Waals surface area contributed by atoms with E-state index in [0.717, 1.165) is 5.56 Å². The van der Waals surface area contributed by atoms with Gasteiger partial charge >= 0.3 is 0 Å². The number of nitrogens with zero attached hydrogens (tertiary/aromatic N) is 5. The van der Waals surface area contributed by atoms with Crippen LogP contribution < -0.4 is 4.74 Å². The Morgan fingerprint density at radius 2 is 2.07 bits per heavy atom. The molecule has 1 atom stereocenters. The van der Waals surface area contributed by atoms with E-state index in [2.05, 4.69) is 15.1 Å². The molecule has 0 saturated carbocycles. The predicted molar refractivity (Wildman–Crippen MR) is 101 cm³/mol. The van der Waals surface area contributed by atoms with E-state index in [-0.39, 0.29) is 24.3 Å². The summed E-state index contributed by atoms with van der Waals surface area (Å²) in [7, 11) is -0.312. The molecule has 2 aromatic heterocycles. The van der Waals surface area contributed by atoms with Crippen LogP contribution in [-0.4, -0.2) is 58.7 Å². The second kappa shape index (κ2) is 7.93. The zero-order chi connectivity index (χ0) is 20.4. The minimum Gasteiger partial charge on any atom is -0.489 e. The molecule has 154 valence electrons. The van der Waals surface area contributed by atoms with Crippen LogP contribution in [0.15, 0.2) is 46.3 Å². The van der Waals surface area contributed by atoms with Crippen molar-refractivity contribution in [3.8, 4) is 17.1 Å². The second-order valence-corrected chi connectivity index (χ2v) is 8.62. The van der Waals surface area contributed by atoms with E-state index in [4.69, 9.17) is 14.0 Å². The van der Waals surface area contributed by atoms with Gasteiger partial charge in [0.15, 0.2) is 5.03 Å². The molecule has 1 aliphatic rings. The molecule has 0 N–H and O–H groups in total. The van der Waals surface area contributed by atoms with Gasteiger partial charge in [-0.05, 0) is 30.7 Å². The van der Waals surface area contributed by atoms with E-state index in [1.165, 1.54) is 16.8 Å². The Morgan fingerprint density at radius 1 is 1.28 bits per heavy atom. The second-order valence-electron chi connectivity index (χ2n) is 6.74. The number of aryl methyl sites for hydroxylation is 1. The van der Waals surface area contributed by atoms with Crippen LogP contribution in [0, 0.1) is 0 Å². The SMILES string of the molecule is COCc1nc(-c2ccc(OC3CCN(S(=O)(=O)c4cn(C)cn4)C3)cc2)no1. The number of methoxy groups -OCH3 is 1. The smallest absolute Gasteiger partial charge is 0.262 e. The minimum absolute atomic E-state index is 0.0537. The van der Waals surface area contributed by atoms with Gasteiger partial charge in [0.25, 0.3) is 15.9 Å². The lowest BCUT2D eigenvalue weighted by atomic mass is 10.2. The third kappa shape index (κ3) is 4.16. The first-order chi connectivity index (χ1) is 14.0. The van der Waals surface area contributed by atoms with Gasteiger partial charge in [-0.1, -0.05) is 5.16 Å². The Labute approximate surface area is 168 Å². The lowest BCUT2D eigenvalue weighted by Gasteiger charge is -2.16. The first-order valence-corrected chi connectivity index (χ1v) is 10.5. The Morgan fingerprint density at radius 3 is 2.76 bits per heavy atom. The molecule has 0 bridgehead atoms. The number of aromatic nitrogens is 4. The molecule has 10 nitrogen and oxygen atoms in total. The van der Waals surface area contributed by atoms with Crippen LogP contribution >= 0.6 is 0 Å². The van der Waals surface area contributed by atoms with E-state index in [1.807, 2.05) is 12.1 Å². The Balaban J connectivity index is 1.39. The van der Waals surface area contributed by atoms with E-state index in [1.54, 1.807) is 30.9 Å². The molecule has 0 radical (unpaired) electrons. The molecule has 3 heterocycles. The molecule has 1 aromatic carbocycles. The molecular formula is C18H21N5O5S. The highest BCUT2D eigenvalue weighted by molar-refractivity contribution is 7.89. The molecule has 3 aromatic rings. The quantitative estimate of drug-likeness (QED) is 0.566. The molecule has 0 aliphatic carbocycles. The minimum atomic E-state index is -3.60. The van der Waals surface area contributed by atoms with Gasteiger partial charge in [-0.25, -0.2) is 13.4 Å². The Kier molecular flexibility index (Phi) is 5.35. The standard InChI is InChI=1S/C18H21N5O5S/c1-22-10-17(19-12-22)29(24,25)23-8-7-15(9-23)27-14-5-3-13(4-6-14)18-20-16(11-26-2)28-21-18/h3-6,10,12,15H,7-9,11H2,1-2H3. The van der Waals surface area contributed by atoms with E-state index in [0.29, 0.717) is 30.4 Å². The molecular weight excluding hydrogens is 398 g/mol. The van der Waals surface area contributed by atoms with Crippen molar-refractivity contribution in [1.29, 1.82) is 0 Å². The van der Waals surface area contributed by atoms with Crippen LogP contribution in [0.2, 0.25) is 0 Å². The summed E-state index contributed by atoms with van der Waals surface area (Å²) in [6.45, 7) is 0.937. The number of rotatable bonds is 7. The third-order valence-electron chi connectivity index (χ3n) is 4.54. The maximum Gasteiger partial charge on any atom is 0.262 e. The van der Waals surface area contributed by atoms with Crippen LogP contribution in [0.1, 0.15) is 12.3 Å². The van der Waals surface area contributed by atoms with Crippen molar-refractivity contribution in [3.05, 3.63) is 42.7 Å². The molecule has 1 fully saturated rings. The molecule has 1 unspecified atom stereocenters. The third-order valence-corrected chi connectivity index (χ3v) is 6.30. The van der Waals surface area contributed by atoms with E-state index in [9.17, 15) is 8.42 Å². The Hall–Kier alpha value is -2.76. The summed E-state index contributed by atoms with van der Waals surface area (Å²) in [5.41, 5.74) is 0.786. The summed E-state index contributed by atoms with van der Waals surface area (Å²) < 4.78 is 44.4. The number of benzene rings is 1. The monoisotopic (exact) mass is 419 g/mol. The largest absolute Gasteiger partial charge is 0.489 e. The number of hydrogen-bond acceptors (Lipinski definition) is 8. The summed E-state index contributed by atoms with van der Waals surface area (Å²) in [5.74, 6) is 1.52. The molecule has 29 heavy (non-hydrogen) atoms. The van der Waals surface area contributed by atoms with Gasteiger partial charge in [-0.15, -0.1) is 0 Å². The van der Waals surface area contributed by atoms with Gasteiger partial charge < -0.3 is 18.6 Å². The first kappa shape index (κ1) is 19.6. The van der Waals surface area contributed by atoms with Gasteiger partial charge in [0, 0.05) is 32.5 Å². The number of hydrogen-bond donors (Lipinski definition) is 0. The van der Waals surface area contributed by atoms with Crippen molar-refractivity contribution in [2.45, 2.75) is 24.2 Å². The fraction of sp³-hybridized carbons (Fsp3) is 0.389. The van der Waals surface area contributed by atoms with Gasteiger partial charge in [0.1, 0.15) is 18.5 Å². The number of ether oxygens (including phenoxy) is 2. The normalized spacial score (nSPS) is 17.7. The number of imidazole rings is 1. The van der Waals surface area contributed by atoms with E-state index >= 15 is 0 Å². The van der Waals surface area contributed by atoms with Crippen LogP contribution in [0.25, 0.3) is 11.4 Å². The molecule has 1 saturated heterocycles. The summed E-state index contributed by atoms with van der Waals surface area (Å²) in [6, 6.07) is 7.26. The molecule has 1 aliphatic heterocycles. The maximum atomic E-state index is 12.7. The first-order valence-electron chi connectivity index (χ1n) is 9.02.